The van der Waals surface area contributed by atoms with Crippen LogP contribution >= 0.6 is 0 Å². The summed E-state index contributed by atoms with van der Waals surface area (Å²) in [7, 11) is 0. The monoisotopic (exact) mass is 634 g/mol. The summed E-state index contributed by atoms with van der Waals surface area (Å²) in [5.74, 6) is 1.60. The first-order valence-electron chi connectivity index (χ1n) is 17.1. The SMILES string of the molecule is c1ccc2cc(-c3nc(-n4c5ccccc5c5c6c7ccccc7n7c8c9ccccc9ccc8c(cc54)c67)c4ccccc4n3)ccc2c1. The van der Waals surface area contributed by atoms with Crippen molar-refractivity contribution in [3.8, 4) is 17.2 Å². The van der Waals surface area contributed by atoms with Crippen molar-refractivity contribution in [1.29, 1.82) is 0 Å². The van der Waals surface area contributed by atoms with Crippen LogP contribution in [0.15, 0.2) is 158 Å². The number of para-hydroxylation sites is 3. The molecule has 12 aromatic rings. The van der Waals surface area contributed by atoms with Crippen molar-refractivity contribution in [2.24, 2.45) is 0 Å². The van der Waals surface area contributed by atoms with E-state index in [1.807, 2.05) is 0 Å². The van der Waals surface area contributed by atoms with Gasteiger partial charge in [0, 0.05) is 48.7 Å². The standard InChI is InChI=1S/C46H26N4/c1-2-13-29-25-30(22-21-27(29)11-1)45-47-37-18-8-5-15-33(37)46(48-45)49-38-19-9-6-16-34(38)41-40(49)26-36-32-24-23-28-12-3-4-14-31(28)43(32)50-39-20-10-7-17-35(39)42(41)44(36)50/h1-26H. The fraction of sp³-hybridized carbons (Fsp3) is 0. The number of aromatic nitrogens is 4. The Kier molecular flexibility index (Phi) is 4.94. The molecule has 0 aliphatic heterocycles. The molecule has 230 valence electrons. The molecule has 0 aliphatic carbocycles. The van der Waals surface area contributed by atoms with E-state index in [0.717, 1.165) is 39.1 Å². The van der Waals surface area contributed by atoms with E-state index in [-0.39, 0.29) is 0 Å². The molecule has 0 amide bonds. The zero-order valence-corrected chi connectivity index (χ0v) is 26.8. The van der Waals surface area contributed by atoms with Crippen LogP contribution in [0.1, 0.15) is 0 Å². The van der Waals surface area contributed by atoms with Gasteiger partial charge in [0.15, 0.2) is 5.82 Å². The minimum Gasteiger partial charge on any atom is -0.307 e. The van der Waals surface area contributed by atoms with Crippen LogP contribution < -0.4 is 0 Å². The molecule has 12 rings (SSSR count). The molecule has 4 heteroatoms. The van der Waals surface area contributed by atoms with Gasteiger partial charge in [-0.15, -0.1) is 0 Å². The van der Waals surface area contributed by atoms with Crippen LogP contribution in [0.3, 0.4) is 0 Å². The van der Waals surface area contributed by atoms with Crippen molar-refractivity contribution in [3.63, 3.8) is 0 Å². The summed E-state index contributed by atoms with van der Waals surface area (Å²) >= 11 is 0. The molecule has 0 bridgehead atoms. The van der Waals surface area contributed by atoms with Gasteiger partial charge in [0.1, 0.15) is 5.82 Å². The van der Waals surface area contributed by atoms with Crippen molar-refractivity contribution in [3.05, 3.63) is 158 Å². The van der Waals surface area contributed by atoms with Gasteiger partial charge in [0.05, 0.1) is 33.1 Å². The number of nitrogens with zero attached hydrogens (tertiary/aromatic N) is 4. The Bertz CT molecular complexity index is 3380. The Morgan fingerprint density at radius 2 is 1.04 bits per heavy atom. The average Bonchev–Trinajstić information content (AvgIpc) is 3.81. The highest BCUT2D eigenvalue weighted by Crippen LogP contribution is 2.48. The first-order valence-corrected chi connectivity index (χ1v) is 17.1. The topological polar surface area (TPSA) is 35.1 Å². The molecular weight excluding hydrogens is 609 g/mol. The third kappa shape index (κ3) is 3.30. The Morgan fingerprint density at radius 1 is 0.380 bits per heavy atom. The van der Waals surface area contributed by atoms with Gasteiger partial charge >= 0.3 is 0 Å². The minimum atomic E-state index is 0.717. The predicted molar refractivity (Wildman–Crippen MR) is 209 cm³/mol. The number of hydrogen-bond donors (Lipinski definition) is 0. The number of fused-ring (bicyclic) bond motifs is 14. The summed E-state index contributed by atoms with van der Waals surface area (Å²) in [6.45, 7) is 0. The first kappa shape index (κ1) is 26.2. The normalized spacial score (nSPS) is 12.4. The molecule has 0 fully saturated rings. The maximum absolute atomic E-state index is 5.45. The van der Waals surface area contributed by atoms with Crippen LogP contribution in [0, 0.1) is 0 Å². The molecule has 0 unspecified atom stereocenters. The van der Waals surface area contributed by atoms with Crippen LogP contribution in [0.4, 0.5) is 0 Å². The summed E-state index contributed by atoms with van der Waals surface area (Å²) in [5, 5.41) is 13.4. The summed E-state index contributed by atoms with van der Waals surface area (Å²) < 4.78 is 4.90. The van der Waals surface area contributed by atoms with Gasteiger partial charge in [-0.2, -0.15) is 0 Å². The molecule has 0 atom stereocenters. The zero-order chi connectivity index (χ0) is 32.5. The highest BCUT2D eigenvalue weighted by Gasteiger charge is 2.26. The summed E-state index contributed by atoms with van der Waals surface area (Å²) in [6, 6.07) is 56.8. The Hall–Kier alpha value is -6.78. The van der Waals surface area contributed by atoms with E-state index in [9.17, 15) is 0 Å². The second kappa shape index (κ2) is 9.43. The predicted octanol–water partition coefficient (Wildman–Crippen LogP) is 11.9. The van der Waals surface area contributed by atoms with E-state index < -0.39 is 0 Å². The van der Waals surface area contributed by atoms with Crippen LogP contribution in [-0.4, -0.2) is 18.9 Å². The van der Waals surface area contributed by atoms with Crippen molar-refractivity contribution < 1.29 is 0 Å². The van der Waals surface area contributed by atoms with Crippen LogP contribution in [-0.2, 0) is 0 Å². The number of benzene rings is 8. The molecule has 0 saturated carbocycles. The molecule has 4 aromatic heterocycles. The van der Waals surface area contributed by atoms with E-state index in [1.165, 1.54) is 70.4 Å². The quantitative estimate of drug-likeness (QED) is 0.190. The molecule has 0 spiro atoms. The lowest BCUT2D eigenvalue weighted by Gasteiger charge is -2.13. The van der Waals surface area contributed by atoms with Gasteiger partial charge in [-0.05, 0) is 52.6 Å². The number of hydrogen-bond acceptors (Lipinski definition) is 2. The van der Waals surface area contributed by atoms with Gasteiger partial charge in [-0.1, -0.05) is 121 Å². The van der Waals surface area contributed by atoms with Crippen LogP contribution in [0.5, 0.6) is 0 Å². The molecule has 0 N–H and O–H groups in total. The maximum Gasteiger partial charge on any atom is 0.162 e. The van der Waals surface area contributed by atoms with Crippen molar-refractivity contribution in [2.75, 3.05) is 0 Å². The molecule has 8 aromatic carbocycles. The molecule has 0 radical (unpaired) electrons. The largest absolute Gasteiger partial charge is 0.307 e. The molecule has 4 heterocycles. The summed E-state index contributed by atoms with van der Waals surface area (Å²) in [6.07, 6.45) is 0. The van der Waals surface area contributed by atoms with Gasteiger partial charge in [-0.25, -0.2) is 9.97 Å². The van der Waals surface area contributed by atoms with Crippen molar-refractivity contribution in [1.82, 2.24) is 18.9 Å². The second-order valence-corrected chi connectivity index (χ2v) is 13.4. The van der Waals surface area contributed by atoms with Gasteiger partial charge in [-0.3, -0.25) is 4.57 Å². The minimum absolute atomic E-state index is 0.717. The molecule has 4 nitrogen and oxygen atoms in total. The van der Waals surface area contributed by atoms with E-state index in [1.54, 1.807) is 0 Å². The first-order chi connectivity index (χ1) is 24.8. The Balaban J connectivity index is 1.29. The van der Waals surface area contributed by atoms with Crippen molar-refractivity contribution in [2.45, 2.75) is 0 Å². The van der Waals surface area contributed by atoms with E-state index in [2.05, 4.69) is 167 Å². The van der Waals surface area contributed by atoms with E-state index >= 15 is 0 Å². The zero-order valence-electron chi connectivity index (χ0n) is 26.8. The fourth-order valence-electron chi connectivity index (χ4n) is 8.68. The molecular formula is C46H26N4. The molecule has 50 heavy (non-hydrogen) atoms. The lowest BCUT2D eigenvalue weighted by Crippen LogP contribution is -2.02. The second-order valence-electron chi connectivity index (χ2n) is 13.4. The van der Waals surface area contributed by atoms with E-state index in [4.69, 9.17) is 9.97 Å². The lowest BCUT2D eigenvalue weighted by molar-refractivity contribution is 1.08. The van der Waals surface area contributed by atoms with Crippen LogP contribution in [0.2, 0.25) is 0 Å². The highest BCUT2D eigenvalue weighted by atomic mass is 15.1. The summed E-state index contributed by atoms with van der Waals surface area (Å²) in [5.41, 5.74) is 7.97. The summed E-state index contributed by atoms with van der Waals surface area (Å²) in [4.78, 5) is 10.6. The molecule has 0 aliphatic rings. The van der Waals surface area contributed by atoms with Crippen molar-refractivity contribution >= 4 is 92.3 Å². The third-order valence-corrected chi connectivity index (χ3v) is 10.8. The average molecular weight is 635 g/mol. The fourth-order valence-corrected chi connectivity index (χ4v) is 8.68. The van der Waals surface area contributed by atoms with Gasteiger partial charge in [0.2, 0.25) is 0 Å². The van der Waals surface area contributed by atoms with Gasteiger partial charge < -0.3 is 4.40 Å². The Labute approximate surface area is 285 Å². The third-order valence-electron chi connectivity index (χ3n) is 10.8. The van der Waals surface area contributed by atoms with Gasteiger partial charge in [0.25, 0.3) is 0 Å². The highest BCUT2D eigenvalue weighted by molar-refractivity contribution is 6.37. The van der Waals surface area contributed by atoms with Crippen LogP contribution in [0.25, 0.3) is 110 Å². The molecule has 0 saturated heterocycles. The lowest BCUT2D eigenvalue weighted by atomic mass is 10.0. The smallest absolute Gasteiger partial charge is 0.162 e. The number of rotatable bonds is 2. The maximum atomic E-state index is 5.45. The van der Waals surface area contributed by atoms with E-state index in [0.29, 0.717) is 0 Å². The Morgan fingerprint density at radius 3 is 1.90 bits per heavy atom.